The van der Waals surface area contributed by atoms with Crippen LogP contribution in [0.1, 0.15) is 36.3 Å². The summed E-state index contributed by atoms with van der Waals surface area (Å²) in [4.78, 5) is 4.86. The lowest BCUT2D eigenvalue weighted by molar-refractivity contribution is 0.0194. The summed E-state index contributed by atoms with van der Waals surface area (Å²) >= 11 is 0. The van der Waals surface area contributed by atoms with E-state index in [1.54, 1.807) is 6.26 Å². The first-order valence-electron chi connectivity index (χ1n) is 11.0. The second kappa shape index (κ2) is 10.8. The Morgan fingerprint density at radius 1 is 1.16 bits per heavy atom. The van der Waals surface area contributed by atoms with Crippen LogP contribution in [0.4, 0.5) is 0 Å². The highest BCUT2D eigenvalue weighted by molar-refractivity contribution is 5.79. The van der Waals surface area contributed by atoms with E-state index in [-0.39, 0.29) is 6.10 Å². The molecule has 0 spiro atoms. The lowest BCUT2D eigenvalue weighted by Crippen LogP contribution is -2.43. The van der Waals surface area contributed by atoms with E-state index in [1.165, 1.54) is 6.42 Å². The predicted octanol–water partition coefficient (Wildman–Crippen LogP) is 3.62. The number of rotatable bonds is 8. The van der Waals surface area contributed by atoms with Gasteiger partial charge in [-0.1, -0.05) is 18.2 Å². The third-order valence-electron chi connectivity index (χ3n) is 5.38. The number of furan rings is 1. The zero-order chi connectivity index (χ0) is 21.3. The number of hydrogen-bond donors (Lipinski definition) is 2. The molecule has 0 aliphatic carbocycles. The summed E-state index contributed by atoms with van der Waals surface area (Å²) < 4.78 is 13.2. The maximum atomic E-state index is 5.86. The van der Waals surface area contributed by atoms with E-state index in [0.717, 1.165) is 67.6 Å². The van der Waals surface area contributed by atoms with Crippen LogP contribution in [0.2, 0.25) is 0 Å². The monoisotopic (exact) mass is 421 g/mol. The first-order chi connectivity index (χ1) is 15.3. The molecule has 1 unspecified atom stereocenters. The van der Waals surface area contributed by atoms with E-state index in [1.807, 2.05) is 48.1 Å². The van der Waals surface area contributed by atoms with Crippen molar-refractivity contribution in [3.05, 3.63) is 71.9 Å². The SMILES string of the molecule is Cc1ccn(-c2ccccc2CN=C(NCCc2ccco2)NCC2CCCCO2)n1. The Morgan fingerprint density at radius 3 is 2.87 bits per heavy atom. The van der Waals surface area contributed by atoms with Crippen molar-refractivity contribution in [3.63, 3.8) is 0 Å². The van der Waals surface area contributed by atoms with Gasteiger partial charge in [-0.15, -0.1) is 0 Å². The number of nitrogens with one attached hydrogen (secondary N) is 2. The molecule has 0 bridgehead atoms. The topological polar surface area (TPSA) is 76.6 Å². The number of guanidine groups is 1. The molecule has 1 saturated heterocycles. The Morgan fingerprint density at radius 2 is 2.10 bits per heavy atom. The summed E-state index contributed by atoms with van der Waals surface area (Å²) in [5.41, 5.74) is 3.16. The van der Waals surface area contributed by atoms with Gasteiger partial charge in [-0.2, -0.15) is 5.10 Å². The van der Waals surface area contributed by atoms with Gasteiger partial charge in [-0.25, -0.2) is 9.67 Å². The molecular weight excluding hydrogens is 390 g/mol. The fraction of sp³-hybridized carbons (Fsp3) is 0.417. The minimum absolute atomic E-state index is 0.241. The van der Waals surface area contributed by atoms with Gasteiger partial charge in [-0.3, -0.25) is 0 Å². The Kier molecular flexibility index (Phi) is 7.39. The van der Waals surface area contributed by atoms with Crippen LogP contribution in [0.15, 0.2) is 64.3 Å². The van der Waals surface area contributed by atoms with Gasteiger partial charge in [-0.05, 0) is 56.0 Å². The molecule has 7 heteroatoms. The molecule has 2 aromatic heterocycles. The Hall–Kier alpha value is -3.06. The van der Waals surface area contributed by atoms with E-state index in [2.05, 4.69) is 27.9 Å². The standard InChI is InChI=1S/C24H31N5O2/c1-19-12-14-29(28-19)23-10-3-2-7-20(23)17-26-24(25-13-11-21-9-6-16-30-21)27-18-22-8-4-5-15-31-22/h2-3,6-7,9-10,12,14,16,22H,4-5,8,11,13,15,17-18H2,1H3,(H2,25,26,27). The van der Waals surface area contributed by atoms with Crippen LogP contribution in [0.25, 0.3) is 5.69 Å². The zero-order valence-corrected chi connectivity index (χ0v) is 18.1. The Labute approximate surface area is 183 Å². The number of aliphatic imine (C=N–C) groups is 1. The van der Waals surface area contributed by atoms with Crippen LogP contribution >= 0.6 is 0 Å². The molecule has 164 valence electrons. The van der Waals surface area contributed by atoms with Crippen molar-refractivity contribution in [1.82, 2.24) is 20.4 Å². The molecule has 2 N–H and O–H groups in total. The molecule has 3 aromatic rings. The lowest BCUT2D eigenvalue weighted by atomic mass is 10.1. The highest BCUT2D eigenvalue weighted by Crippen LogP contribution is 2.15. The van der Waals surface area contributed by atoms with Crippen LogP contribution < -0.4 is 10.6 Å². The molecule has 1 aromatic carbocycles. The predicted molar refractivity (Wildman–Crippen MR) is 121 cm³/mol. The summed E-state index contributed by atoms with van der Waals surface area (Å²) in [5.74, 6) is 1.74. The highest BCUT2D eigenvalue weighted by Gasteiger charge is 2.14. The fourth-order valence-electron chi connectivity index (χ4n) is 3.69. The average molecular weight is 422 g/mol. The van der Waals surface area contributed by atoms with Gasteiger partial charge < -0.3 is 19.8 Å². The van der Waals surface area contributed by atoms with E-state index in [0.29, 0.717) is 6.54 Å². The number of ether oxygens (including phenoxy) is 1. The summed E-state index contributed by atoms with van der Waals surface area (Å²) in [6.45, 7) is 4.89. The van der Waals surface area contributed by atoms with E-state index < -0.39 is 0 Å². The van der Waals surface area contributed by atoms with Gasteiger partial charge in [0.25, 0.3) is 0 Å². The Balaban J connectivity index is 1.43. The van der Waals surface area contributed by atoms with Crippen molar-refractivity contribution in [2.24, 2.45) is 4.99 Å². The molecule has 0 saturated carbocycles. The number of aryl methyl sites for hydroxylation is 1. The van der Waals surface area contributed by atoms with Crippen LogP contribution in [0.5, 0.6) is 0 Å². The zero-order valence-electron chi connectivity index (χ0n) is 18.1. The number of benzene rings is 1. The molecule has 31 heavy (non-hydrogen) atoms. The average Bonchev–Trinajstić information content (AvgIpc) is 3.48. The number of nitrogens with zero attached hydrogens (tertiary/aromatic N) is 3. The molecule has 0 radical (unpaired) electrons. The molecule has 0 amide bonds. The van der Waals surface area contributed by atoms with E-state index >= 15 is 0 Å². The van der Waals surface area contributed by atoms with Gasteiger partial charge in [0.05, 0.1) is 30.3 Å². The lowest BCUT2D eigenvalue weighted by Gasteiger charge is -2.24. The number of para-hydroxylation sites is 1. The van der Waals surface area contributed by atoms with Gasteiger partial charge in [0.15, 0.2) is 5.96 Å². The van der Waals surface area contributed by atoms with Crippen molar-refractivity contribution >= 4 is 5.96 Å². The van der Waals surface area contributed by atoms with Crippen molar-refractivity contribution in [1.29, 1.82) is 0 Å². The van der Waals surface area contributed by atoms with Gasteiger partial charge in [0.1, 0.15) is 5.76 Å². The van der Waals surface area contributed by atoms with Crippen LogP contribution in [-0.4, -0.2) is 41.5 Å². The summed E-state index contributed by atoms with van der Waals surface area (Å²) in [6.07, 6.45) is 8.20. The van der Waals surface area contributed by atoms with Crippen molar-refractivity contribution in [2.45, 2.75) is 45.3 Å². The minimum atomic E-state index is 0.241. The smallest absolute Gasteiger partial charge is 0.191 e. The minimum Gasteiger partial charge on any atom is -0.469 e. The second-order valence-electron chi connectivity index (χ2n) is 7.82. The maximum absolute atomic E-state index is 5.86. The number of hydrogen-bond acceptors (Lipinski definition) is 4. The first kappa shape index (κ1) is 21.2. The molecule has 7 nitrogen and oxygen atoms in total. The van der Waals surface area contributed by atoms with Gasteiger partial charge >= 0.3 is 0 Å². The molecule has 1 fully saturated rings. The molecule has 1 aliphatic heterocycles. The van der Waals surface area contributed by atoms with Gasteiger partial charge in [0, 0.05) is 32.3 Å². The van der Waals surface area contributed by atoms with Crippen molar-refractivity contribution in [2.75, 3.05) is 19.7 Å². The molecule has 4 rings (SSSR count). The Bertz CT molecular complexity index is 958. The third-order valence-corrected chi connectivity index (χ3v) is 5.38. The quantitative estimate of drug-likeness (QED) is 0.429. The fourth-order valence-corrected chi connectivity index (χ4v) is 3.69. The normalized spacial score (nSPS) is 16.9. The number of aromatic nitrogens is 2. The molecule has 1 aliphatic rings. The van der Waals surface area contributed by atoms with E-state index in [4.69, 9.17) is 14.1 Å². The highest BCUT2D eigenvalue weighted by atomic mass is 16.5. The second-order valence-corrected chi connectivity index (χ2v) is 7.82. The van der Waals surface area contributed by atoms with Crippen molar-refractivity contribution < 1.29 is 9.15 Å². The van der Waals surface area contributed by atoms with Crippen LogP contribution in [0.3, 0.4) is 0 Å². The largest absolute Gasteiger partial charge is 0.469 e. The van der Waals surface area contributed by atoms with Crippen molar-refractivity contribution in [3.8, 4) is 5.69 Å². The molecule has 1 atom stereocenters. The van der Waals surface area contributed by atoms with Gasteiger partial charge in [0.2, 0.25) is 0 Å². The van der Waals surface area contributed by atoms with Crippen LogP contribution in [-0.2, 0) is 17.7 Å². The summed E-state index contributed by atoms with van der Waals surface area (Å²) in [5, 5.41) is 11.5. The summed E-state index contributed by atoms with van der Waals surface area (Å²) in [6, 6.07) is 14.2. The van der Waals surface area contributed by atoms with E-state index in [9.17, 15) is 0 Å². The van der Waals surface area contributed by atoms with Crippen LogP contribution in [0, 0.1) is 6.92 Å². The maximum Gasteiger partial charge on any atom is 0.191 e. The third kappa shape index (κ3) is 6.21. The first-order valence-corrected chi connectivity index (χ1v) is 11.0. The molecular formula is C24H31N5O2. The summed E-state index contributed by atoms with van der Waals surface area (Å²) in [7, 11) is 0. The molecule has 3 heterocycles.